The van der Waals surface area contributed by atoms with Gasteiger partial charge in [-0.25, -0.2) is 0 Å². The van der Waals surface area contributed by atoms with Crippen molar-refractivity contribution in [2.45, 2.75) is 36.9 Å². The summed E-state index contributed by atoms with van der Waals surface area (Å²) in [5.74, 6) is 1.51. The number of aliphatic hydroxyl groups is 1. The molecule has 1 atom stereocenters. The van der Waals surface area contributed by atoms with E-state index in [0.717, 1.165) is 36.7 Å². The number of nitrogens with zero attached hydrogens (tertiary/aromatic N) is 1. The summed E-state index contributed by atoms with van der Waals surface area (Å²) in [5, 5.41) is 13.8. The second-order valence-electron chi connectivity index (χ2n) is 7.40. The highest BCUT2D eigenvalue weighted by atomic mass is 32.2. The standard InChI is InChI=1S/C23H32N2O3S/c1-27-21-8-7-19(15-24-14-18-5-9-22(29-2)10-6-18)23(13-21)28-17-20(26)16-25-11-3-4-12-25/h5-10,13,20,24,26H,3-4,11-12,14-17H2,1-2H3. The Morgan fingerprint density at radius 3 is 2.55 bits per heavy atom. The van der Waals surface area contributed by atoms with Crippen LogP contribution < -0.4 is 14.8 Å². The molecule has 2 N–H and O–H groups in total. The molecule has 0 radical (unpaired) electrons. The van der Waals surface area contributed by atoms with Crippen LogP contribution in [0, 0.1) is 0 Å². The molecule has 0 amide bonds. The topological polar surface area (TPSA) is 54.0 Å². The molecule has 2 aromatic rings. The number of methoxy groups -OCH3 is 1. The Morgan fingerprint density at radius 2 is 1.86 bits per heavy atom. The summed E-state index contributed by atoms with van der Waals surface area (Å²) in [6, 6.07) is 14.4. The summed E-state index contributed by atoms with van der Waals surface area (Å²) < 4.78 is 11.3. The van der Waals surface area contributed by atoms with Crippen molar-refractivity contribution >= 4 is 11.8 Å². The van der Waals surface area contributed by atoms with E-state index < -0.39 is 6.10 Å². The first kappa shape index (κ1) is 22.0. The zero-order valence-electron chi connectivity index (χ0n) is 17.4. The van der Waals surface area contributed by atoms with Gasteiger partial charge in [0.2, 0.25) is 0 Å². The van der Waals surface area contributed by atoms with Gasteiger partial charge in [-0.3, -0.25) is 0 Å². The summed E-state index contributed by atoms with van der Waals surface area (Å²) in [7, 11) is 1.65. The van der Waals surface area contributed by atoms with Crippen molar-refractivity contribution in [2.24, 2.45) is 0 Å². The second kappa shape index (κ2) is 11.5. The highest BCUT2D eigenvalue weighted by molar-refractivity contribution is 7.98. The van der Waals surface area contributed by atoms with E-state index in [1.807, 2.05) is 18.2 Å². The molecule has 1 saturated heterocycles. The lowest BCUT2D eigenvalue weighted by Gasteiger charge is -2.20. The molecule has 0 bridgehead atoms. The molecule has 0 aliphatic carbocycles. The van der Waals surface area contributed by atoms with Gasteiger partial charge in [-0.05, 0) is 55.9 Å². The lowest BCUT2D eigenvalue weighted by atomic mass is 10.1. The number of rotatable bonds is 11. The van der Waals surface area contributed by atoms with Crippen LogP contribution in [0.3, 0.4) is 0 Å². The van der Waals surface area contributed by atoms with Crippen molar-refractivity contribution in [2.75, 3.05) is 39.6 Å². The summed E-state index contributed by atoms with van der Waals surface area (Å²) in [5.41, 5.74) is 2.31. The highest BCUT2D eigenvalue weighted by Gasteiger charge is 2.17. The molecule has 0 saturated carbocycles. The number of likely N-dealkylation sites (tertiary alicyclic amines) is 1. The van der Waals surface area contributed by atoms with Crippen LogP contribution in [0.2, 0.25) is 0 Å². The first-order chi connectivity index (χ1) is 14.2. The quantitative estimate of drug-likeness (QED) is 0.547. The molecule has 158 valence electrons. The summed E-state index contributed by atoms with van der Waals surface area (Å²) in [4.78, 5) is 3.57. The largest absolute Gasteiger partial charge is 0.497 e. The van der Waals surface area contributed by atoms with E-state index in [1.54, 1.807) is 18.9 Å². The minimum Gasteiger partial charge on any atom is -0.497 e. The maximum atomic E-state index is 10.3. The van der Waals surface area contributed by atoms with Crippen molar-refractivity contribution in [3.63, 3.8) is 0 Å². The van der Waals surface area contributed by atoms with Crippen LogP contribution in [-0.2, 0) is 13.1 Å². The monoisotopic (exact) mass is 416 g/mol. The van der Waals surface area contributed by atoms with Crippen molar-refractivity contribution in [1.82, 2.24) is 10.2 Å². The van der Waals surface area contributed by atoms with E-state index in [-0.39, 0.29) is 6.61 Å². The number of hydrogen-bond donors (Lipinski definition) is 2. The summed E-state index contributed by atoms with van der Waals surface area (Å²) in [6.07, 6.45) is 4.04. The third-order valence-electron chi connectivity index (χ3n) is 5.18. The van der Waals surface area contributed by atoms with Crippen LogP contribution in [0.4, 0.5) is 0 Å². The van der Waals surface area contributed by atoms with Gasteiger partial charge in [-0.1, -0.05) is 18.2 Å². The number of hydrogen-bond acceptors (Lipinski definition) is 6. The molecule has 6 heteroatoms. The number of β-amino-alcohol motifs (C(OH)–C–C–N with tert-alkyl or cyclic N) is 1. The van der Waals surface area contributed by atoms with Crippen molar-refractivity contribution in [3.05, 3.63) is 53.6 Å². The van der Waals surface area contributed by atoms with E-state index in [0.29, 0.717) is 13.1 Å². The number of benzene rings is 2. The smallest absolute Gasteiger partial charge is 0.127 e. The predicted molar refractivity (Wildman–Crippen MR) is 119 cm³/mol. The van der Waals surface area contributed by atoms with Gasteiger partial charge in [0, 0.05) is 36.2 Å². The zero-order valence-corrected chi connectivity index (χ0v) is 18.2. The summed E-state index contributed by atoms with van der Waals surface area (Å²) in [6.45, 7) is 4.58. The Labute approximate surface area is 178 Å². The molecule has 5 nitrogen and oxygen atoms in total. The molecular formula is C23H32N2O3S. The molecular weight excluding hydrogens is 384 g/mol. The number of ether oxygens (including phenoxy) is 2. The second-order valence-corrected chi connectivity index (χ2v) is 8.28. The van der Waals surface area contributed by atoms with Crippen LogP contribution in [-0.4, -0.2) is 55.7 Å². The van der Waals surface area contributed by atoms with E-state index >= 15 is 0 Å². The molecule has 1 fully saturated rings. The minimum atomic E-state index is -0.491. The third-order valence-corrected chi connectivity index (χ3v) is 5.92. The van der Waals surface area contributed by atoms with Gasteiger partial charge in [-0.2, -0.15) is 0 Å². The molecule has 29 heavy (non-hydrogen) atoms. The van der Waals surface area contributed by atoms with Gasteiger partial charge < -0.3 is 24.8 Å². The van der Waals surface area contributed by atoms with Crippen LogP contribution >= 0.6 is 11.8 Å². The number of aliphatic hydroxyl groups excluding tert-OH is 1. The van der Waals surface area contributed by atoms with Gasteiger partial charge in [0.25, 0.3) is 0 Å². The predicted octanol–water partition coefficient (Wildman–Crippen LogP) is 3.54. The molecule has 1 heterocycles. The fraction of sp³-hybridized carbons (Fsp3) is 0.478. The molecule has 1 aliphatic rings. The number of nitrogens with one attached hydrogen (secondary N) is 1. The van der Waals surface area contributed by atoms with Crippen LogP contribution in [0.25, 0.3) is 0 Å². The van der Waals surface area contributed by atoms with E-state index in [9.17, 15) is 5.11 Å². The van der Waals surface area contributed by atoms with Crippen molar-refractivity contribution in [3.8, 4) is 11.5 Å². The van der Waals surface area contributed by atoms with Gasteiger partial charge in [0.1, 0.15) is 24.2 Å². The third kappa shape index (κ3) is 6.93. The molecule has 0 aromatic heterocycles. The van der Waals surface area contributed by atoms with E-state index in [4.69, 9.17) is 9.47 Å². The minimum absolute atomic E-state index is 0.285. The molecule has 1 aliphatic heterocycles. The first-order valence-corrected chi connectivity index (χ1v) is 11.4. The molecule has 1 unspecified atom stereocenters. The number of thioether (sulfide) groups is 1. The van der Waals surface area contributed by atoms with Gasteiger partial charge >= 0.3 is 0 Å². The molecule has 2 aromatic carbocycles. The maximum absolute atomic E-state index is 10.3. The lowest BCUT2D eigenvalue weighted by molar-refractivity contribution is 0.0753. The normalized spacial score (nSPS) is 15.4. The average Bonchev–Trinajstić information content (AvgIpc) is 3.26. The fourth-order valence-electron chi connectivity index (χ4n) is 3.53. The Hall–Kier alpha value is -1.73. The van der Waals surface area contributed by atoms with Crippen molar-refractivity contribution in [1.29, 1.82) is 0 Å². The van der Waals surface area contributed by atoms with Crippen LogP contribution in [0.15, 0.2) is 47.4 Å². The Balaban J connectivity index is 1.54. The van der Waals surface area contributed by atoms with Crippen LogP contribution in [0.5, 0.6) is 11.5 Å². The SMILES string of the molecule is COc1ccc(CNCc2ccc(SC)cc2)c(OCC(O)CN2CCCC2)c1. The fourth-order valence-corrected chi connectivity index (χ4v) is 3.94. The Morgan fingerprint density at radius 1 is 1.10 bits per heavy atom. The molecule has 3 rings (SSSR count). The first-order valence-electron chi connectivity index (χ1n) is 10.2. The van der Waals surface area contributed by atoms with Gasteiger partial charge in [0.15, 0.2) is 0 Å². The Kier molecular flexibility index (Phi) is 8.68. The van der Waals surface area contributed by atoms with E-state index in [2.05, 4.69) is 40.7 Å². The summed E-state index contributed by atoms with van der Waals surface area (Å²) >= 11 is 1.75. The maximum Gasteiger partial charge on any atom is 0.127 e. The Bertz CT molecular complexity index is 748. The highest BCUT2D eigenvalue weighted by Crippen LogP contribution is 2.25. The molecule has 0 spiro atoms. The van der Waals surface area contributed by atoms with Gasteiger partial charge in [-0.15, -0.1) is 11.8 Å². The van der Waals surface area contributed by atoms with E-state index in [1.165, 1.54) is 23.3 Å². The van der Waals surface area contributed by atoms with Gasteiger partial charge in [0.05, 0.1) is 7.11 Å². The average molecular weight is 417 g/mol. The van der Waals surface area contributed by atoms with Crippen molar-refractivity contribution < 1.29 is 14.6 Å². The zero-order chi connectivity index (χ0) is 20.5. The lowest BCUT2D eigenvalue weighted by Crippen LogP contribution is -2.33. The van der Waals surface area contributed by atoms with Crippen LogP contribution in [0.1, 0.15) is 24.0 Å².